The predicted octanol–water partition coefficient (Wildman–Crippen LogP) is 1.19. The minimum atomic E-state index is 0.481. The third kappa shape index (κ3) is 3.35. The normalized spacial score (nSPS) is 16.2. The van der Waals surface area contributed by atoms with Gasteiger partial charge in [-0.3, -0.25) is 4.68 Å². The number of aryl methyl sites for hydroxylation is 1. The van der Waals surface area contributed by atoms with Crippen LogP contribution >= 0.6 is 0 Å². The predicted molar refractivity (Wildman–Crippen MR) is 73.3 cm³/mol. The van der Waals surface area contributed by atoms with E-state index in [1.807, 2.05) is 17.8 Å². The summed E-state index contributed by atoms with van der Waals surface area (Å²) in [5.41, 5.74) is 1.11. The van der Waals surface area contributed by atoms with E-state index >= 15 is 0 Å². The molecule has 0 bridgehead atoms. The summed E-state index contributed by atoms with van der Waals surface area (Å²) in [5, 5.41) is 10.9. The van der Waals surface area contributed by atoms with Crippen LogP contribution in [0.3, 0.4) is 0 Å². The number of aliphatic imine (C=N–C) groups is 1. The molecule has 0 aromatic carbocycles. The summed E-state index contributed by atoms with van der Waals surface area (Å²) in [6, 6.07) is 2.47. The molecule has 2 rings (SSSR count). The highest BCUT2D eigenvalue weighted by molar-refractivity contribution is 5.80. The van der Waals surface area contributed by atoms with Crippen LogP contribution in [-0.2, 0) is 13.6 Å². The topological polar surface area (TPSA) is 54.2 Å². The maximum absolute atomic E-state index is 4.59. The van der Waals surface area contributed by atoms with Gasteiger partial charge in [0, 0.05) is 25.8 Å². The molecule has 5 heteroatoms. The Balaban J connectivity index is 1.93. The minimum absolute atomic E-state index is 0.481. The molecule has 1 aliphatic carbocycles. The van der Waals surface area contributed by atoms with Crippen LogP contribution in [-0.4, -0.2) is 28.3 Å². The Morgan fingerprint density at radius 2 is 2.28 bits per heavy atom. The van der Waals surface area contributed by atoms with E-state index in [2.05, 4.69) is 39.8 Å². The standard InChI is InChI=1S/C13H21N5/c1-3-14-13(17-11-6-4-5-7-11)15-10-12-8-9-16-18(12)2/h4-5,8-9,11H,3,6-7,10H2,1-2H3,(H2,14,15,17). The van der Waals surface area contributed by atoms with Crippen LogP contribution in [0.15, 0.2) is 29.4 Å². The Morgan fingerprint density at radius 1 is 1.50 bits per heavy atom. The average Bonchev–Trinajstić information content (AvgIpc) is 2.98. The summed E-state index contributed by atoms with van der Waals surface area (Å²) in [7, 11) is 1.94. The molecule has 0 saturated heterocycles. The molecule has 0 fully saturated rings. The van der Waals surface area contributed by atoms with E-state index in [1.165, 1.54) is 0 Å². The molecule has 5 nitrogen and oxygen atoms in total. The Bertz CT molecular complexity index is 424. The lowest BCUT2D eigenvalue weighted by Gasteiger charge is -2.16. The molecule has 18 heavy (non-hydrogen) atoms. The number of aromatic nitrogens is 2. The van der Waals surface area contributed by atoms with Crippen molar-refractivity contribution < 1.29 is 0 Å². The second kappa shape index (κ2) is 6.23. The van der Waals surface area contributed by atoms with Gasteiger partial charge in [-0.05, 0) is 25.8 Å². The van der Waals surface area contributed by atoms with E-state index in [9.17, 15) is 0 Å². The number of hydrogen-bond acceptors (Lipinski definition) is 2. The lowest BCUT2D eigenvalue weighted by Crippen LogP contribution is -2.42. The number of rotatable bonds is 4. The van der Waals surface area contributed by atoms with Gasteiger partial charge >= 0.3 is 0 Å². The third-order valence-electron chi connectivity index (χ3n) is 3.01. The van der Waals surface area contributed by atoms with E-state index in [0.29, 0.717) is 12.6 Å². The van der Waals surface area contributed by atoms with Crippen molar-refractivity contribution in [2.24, 2.45) is 12.0 Å². The monoisotopic (exact) mass is 247 g/mol. The highest BCUT2D eigenvalue weighted by Crippen LogP contribution is 2.08. The van der Waals surface area contributed by atoms with Gasteiger partial charge in [-0.25, -0.2) is 4.99 Å². The fourth-order valence-electron chi connectivity index (χ4n) is 1.96. The summed E-state index contributed by atoms with van der Waals surface area (Å²) in [6.07, 6.45) is 8.38. The largest absolute Gasteiger partial charge is 0.357 e. The molecule has 1 aliphatic rings. The van der Waals surface area contributed by atoms with Crippen molar-refractivity contribution in [1.29, 1.82) is 0 Å². The molecule has 1 aromatic heterocycles. The van der Waals surface area contributed by atoms with Crippen molar-refractivity contribution in [3.8, 4) is 0 Å². The van der Waals surface area contributed by atoms with E-state index in [1.54, 1.807) is 6.20 Å². The van der Waals surface area contributed by atoms with Crippen LogP contribution in [0.25, 0.3) is 0 Å². The summed E-state index contributed by atoms with van der Waals surface area (Å²) in [6.45, 7) is 3.59. The molecule has 1 aromatic rings. The number of nitrogens with zero attached hydrogens (tertiary/aromatic N) is 3. The van der Waals surface area contributed by atoms with Crippen LogP contribution in [0, 0.1) is 0 Å². The Labute approximate surface area is 108 Å². The molecule has 0 aliphatic heterocycles. The van der Waals surface area contributed by atoms with Gasteiger partial charge in [0.2, 0.25) is 0 Å². The van der Waals surface area contributed by atoms with Crippen molar-refractivity contribution in [3.05, 3.63) is 30.1 Å². The number of nitrogens with one attached hydrogen (secondary N) is 2. The lowest BCUT2D eigenvalue weighted by molar-refractivity contribution is 0.631. The SMILES string of the molecule is CCNC(=NCc1ccnn1C)NC1CC=CC1. The first-order valence-electron chi connectivity index (χ1n) is 6.46. The summed E-state index contributed by atoms with van der Waals surface area (Å²) >= 11 is 0. The van der Waals surface area contributed by atoms with Crippen LogP contribution in [0.1, 0.15) is 25.5 Å². The maximum atomic E-state index is 4.59. The molecule has 0 saturated carbocycles. The average molecular weight is 247 g/mol. The fraction of sp³-hybridized carbons (Fsp3) is 0.538. The quantitative estimate of drug-likeness (QED) is 0.477. The molecule has 2 N–H and O–H groups in total. The first kappa shape index (κ1) is 12.7. The van der Waals surface area contributed by atoms with Gasteiger partial charge in [-0.1, -0.05) is 12.2 Å². The molecule has 0 spiro atoms. The van der Waals surface area contributed by atoms with E-state index in [0.717, 1.165) is 31.0 Å². The van der Waals surface area contributed by atoms with Crippen LogP contribution < -0.4 is 10.6 Å². The van der Waals surface area contributed by atoms with Gasteiger partial charge < -0.3 is 10.6 Å². The maximum Gasteiger partial charge on any atom is 0.191 e. The zero-order valence-corrected chi connectivity index (χ0v) is 11.1. The van der Waals surface area contributed by atoms with Gasteiger partial charge in [-0.2, -0.15) is 5.10 Å². The van der Waals surface area contributed by atoms with Crippen LogP contribution in [0.5, 0.6) is 0 Å². The summed E-state index contributed by atoms with van der Waals surface area (Å²) < 4.78 is 1.85. The molecular formula is C13H21N5. The smallest absolute Gasteiger partial charge is 0.191 e. The molecule has 0 radical (unpaired) electrons. The van der Waals surface area contributed by atoms with Crippen molar-refractivity contribution >= 4 is 5.96 Å². The molecule has 0 atom stereocenters. The van der Waals surface area contributed by atoms with Crippen LogP contribution in [0.4, 0.5) is 0 Å². The van der Waals surface area contributed by atoms with Crippen molar-refractivity contribution in [2.45, 2.75) is 32.4 Å². The molecule has 98 valence electrons. The van der Waals surface area contributed by atoms with Gasteiger partial charge in [0.05, 0.1) is 12.2 Å². The number of guanidine groups is 1. The zero-order chi connectivity index (χ0) is 12.8. The van der Waals surface area contributed by atoms with Gasteiger partial charge in [0.25, 0.3) is 0 Å². The summed E-state index contributed by atoms with van der Waals surface area (Å²) in [4.78, 5) is 4.59. The van der Waals surface area contributed by atoms with Gasteiger partial charge in [0.1, 0.15) is 0 Å². The molecular weight excluding hydrogens is 226 g/mol. The van der Waals surface area contributed by atoms with Crippen molar-refractivity contribution in [3.63, 3.8) is 0 Å². The van der Waals surface area contributed by atoms with Crippen molar-refractivity contribution in [1.82, 2.24) is 20.4 Å². The highest BCUT2D eigenvalue weighted by Gasteiger charge is 2.11. The summed E-state index contributed by atoms with van der Waals surface area (Å²) in [5.74, 6) is 0.882. The molecule has 1 heterocycles. The van der Waals surface area contributed by atoms with Crippen molar-refractivity contribution in [2.75, 3.05) is 6.54 Å². The molecule has 0 unspecified atom stereocenters. The zero-order valence-electron chi connectivity index (χ0n) is 11.1. The highest BCUT2D eigenvalue weighted by atomic mass is 15.3. The van der Waals surface area contributed by atoms with Gasteiger partial charge in [-0.15, -0.1) is 0 Å². The van der Waals surface area contributed by atoms with E-state index in [4.69, 9.17) is 0 Å². The van der Waals surface area contributed by atoms with Crippen LogP contribution in [0.2, 0.25) is 0 Å². The lowest BCUT2D eigenvalue weighted by atomic mass is 10.2. The van der Waals surface area contributed by atoms with E-state index < -0.39 is 0 Å². The second-order valence-corrected chi connectivity index (χ2v) is 4.43. The first-order valence-corrected chi connectivity index (χ1v) is 6.46. The van der Waals surface area contributed by atoms with E-state index in [-0.39, 0.29) is 0 Å². The molecule has 0 amide bonds. The minimum Gasteiger partial charge on any atom is -0.357 e. The Morgan fingerprint density at radius 3 is 2.89 bits per heavy atom. The fourth-order valence-corrected chi connectivity index (χ4v) is 1.96. The Kier molecular flexibility index (Phi) is 4.39. The first-order chi connectivity index (χ1) is 8.79. The Hall–Kier alpha value is -1.78. The second-order valence-electron chi connectivity index (χ2n) is 4.43. The van der Waals surface area contributed by atoms with Gasteiger partial charge in [0.15, 0.2) is 5.96 Å². The number of hydrogen-bond donors (Lipinski definition) is 2. The third-order valence-corrected chi connectivity index (χ3v) is 3.01.